The highest BCUT2D eigenvalue weighted by atomic mass is 19.1. The zero-order chi connectivity index (χ0) is 34.1. The van der Waals surface area contributed by atoms with E-state index in [9.17, 15) is 4.39 Å². The third-order valence-electron chi connectivity index (χ3n) is 14.6. The Hall–Kier alpha value is -3.21. The lowest BCUT2D eigenvalue weighted by molar-refractivity contribution is -0.103. The topological polar surface area (TPSA) is 39.4 Å². The van der Waals surface area contributed by atoms with Gasteiger partial charge in [0.05, 0.1) is 19.0 Å². The number of methoxy groups -OCH3 is 1. The van der Waals surface area contributed by atoms with Crippen LogP contribution in [0.3, 0.4) is 0 Å². The van der Waals surface area contributed by atoms with Crippen molar-refractivity contribution in [2.24, 2.45) is 52.3 Å². The normalized spacial score (nSPS) is 31.2. The summed E-state index contributed by atoms with van der Waals surface area (Å²) in [4.78, 5) is 5.43. The Morgan fingerprint density at radius 3 is 2.35 bits per heavy atom. The molecule has 0 bridgehead atoms. The molecule has 8 rings (SSSR count). The second-order valence-electron chi connectivity index (χ2n) is 17.5. The van der Waals surface area contributed by atoms with Crippen LogP contribution in [-0.4, -0.2) is 21.7 Å². The first-order valence-corrected chi connectivity index (χ1v) is 19.4. The Labute approximate surface area is 293 Å². The number of aromatic nitrogens is 3. The van der Waals surface area contributed by atoms with Gasteiger partial charge in [-0.15, -0.1) is 0 Å². The average molecular weight is 662 g/mol. The standard InChI is InChI=1S/C44H56FN3O/c1-27(2)8-7-9-28(3)37-20-21-38-34-19-14-31-24-40-35(25-44(31,5)39(34)22-23-43(37,38)4)41(30-12-17-33(49-6)18-13-30)48-42(47-40)36(26-46-48)29-10-15-32(45)16-11-29/h10-13,15-18,26-28,31,34,37-39H,7-9,14,19-25H2,1-6H3/t28-,31+,34-,37-,38+,39?,43-,44+/m1/s1. The third-order valence-corrected chi connectivity index (χ3v) is 14.6. The monoisotopic (exact) mass is 661 g/mol. The first kappa shape index (κ1) is 33.0. The summed E-state index contributed by atoms with van der Waals surface area (Å²) in [5.41, 5.74) is 8.44. The molecule has 0 radical (unpaired) electrons. The molecule has 0 N–H and O–H groups in total. The summed E-state index contributed by atoms with van der Waals surface area (Å²) < 4.78 is 21.5. The van der Waals surface area contributed by atoms with Gasteiger partial charge in [-0.3, -0.25) is 0 Å². The van der Waals surface area contributed by atoms with Crippen LogP contribution in [0.15, 0.2) is 54.7 Å². The second-order valence-corrected chi connectivity index (χ2v) is 17.5. The van der Waals surface area contributed by atoms with E-state index in [1.54, 1.807) is 7.11 Å². The second kappa shape index (κ2) is 12.5. The Kier molecular flexibility index (Phi) is 8.43. The first-order valence-electron chi connectivity index (χ1n) is 19.4. The highest BCUT2D eigenvalue weighted by Crippen LogP contribution is 2.68. The predicted octanol–water partition coefficient (Wildman–Crippen LogP) is 11.2. The van der Waals surface area contributed by atoms with Crippen molar-refractivity contribution in [2.45, 2.75) is 105 Å². The molecule has 4 aromatic rings. The Bertz CT molecular complexity index is 1810. The van der Waals surface area contributed by atoms with Gasteiger partial charge in [0.2, 0.25) is 0 Å². The Balaban J connectivity index is 1.15. The van der Waals surface area contributed by atoms with Crippen molar-refractivity contribution in [3.63, 3.8) is 0 Å². The van der Waals surface area contributed by atoms with E-state index >= 15 is 0 Å². The van der Waals surface area contributed by atoms with Crippen molar-refractivity contribution in [3.05, 3.63) is 71.8 Å². The number of rotatable bonds is 8. The van der Waals surface area contributed by atoms with Crippen LogP contribution in [0.1, 0.15) is 104 Å². The van der Waals surface area contributed by atoms with Crippen LogP contribution < -0.4 is 4.74 Å². The SMILES string of the molecule is COc1ccc(-c2c3c(nc4c(-c5ccc(F)cc5)cnn24)C[C@@H]2CC[C@H]4C(CC[C@]5(C)[C@@H]([C@H](C)CCCC(C)C)CC[C@@H]45)[C@@]2(C)C3)cc1. The van der Waals surface area contributed by atoms with E-state index in [4.69, 9.17) is 14.8 Å². The molecule has 0 spiro atoms. The van der Waals surface area contributed by atoms with Gasteiger partial charge in [0, 0.05) is 22.4 Å². The summed E-state index contributed by atoms with van der Waals surface area (Å²) in [6, 6.07) is 15.2. The molecule has 49 heavy (non-hydrogen) atoms. The van der Waals surface area contributed by atoms with E-state index in [0.29, 0.717) is 11.3 Å². The summed E-state index contributed by atoms with van der Waals surface area (Å²) in [6.45, 7) is 12.7. The molecule has 2 aromatic heterocycles. The molecule has 0 saturated heterocycles. The fourth-order valence-corrected chi connectivity index (χ4v) is 12.1. The molecule has 3 fully saturated rings. The maximum absolute atomic E-state index is 13.9. The van der Waals surface area contributed by atoms with E-state index in [-0.39, 0.29) is 11.2 Å². The minimum absolute atomic E-state index is 0.230. The molecule has 2 heterocycles. The van der Waals surface area contributed by atoms with E-state index in [1.807, 2.05) is 18.3 Å². The van der Waals surface area contributed by atoms with E-state index in [1.165, 1.54) is 81.2 Å². The molecule has 260 valence electrons. The highest BCUT2D eigenvalue weighted by molar-refractivity contribution is 5.80. The predicted molar refractivity (Wildman–Crippen MR) is 197 cm³/mol. The van der Waals surface area contributed by atoms with Crippen LogP contribution in [-0.2, 0) is 12.8 Å². The van der Waals surface area contributed by atoms with Crippen LogP contribution in [0.2, 0.25) is 0 Å². The van der Waals surface area contributed by atoms with Crippen molar-refractivity contribution >= 4 is 5.65 Å². The van der Waals surface area contributed by atoms with Crippen LogP contribution in [0, 0.1) is 58.1 Å². The zero-order valence-electron chi connectivity index (χ0n) is 30.6. The van der Waals surface area contributed by atoms with Gasteiger partial charge in [-0.05, 0) is 146 Å². The summed E-state index contributed by atoms with van der Waals surface area (Å²) in [5.74, 6) is 6.28. The van der Waals surface area contributed by atoms with Crippen LogP contribution in [0.25, 0.3) is 28.0 Å². The van der Waals surface area contributed by atoms with E-state index in [2.05, 4.69) is 63.4 Å². The number of halogens is 1. The smallest absolute Gasteiger partial charge is 0.163 e. The van der Waals surface area contributed by atoms with Gasteiger partial charge in [0.25, 0.3) is 0 Å². The fraction of sp³-hybridized carbons (Fsp3) is 0.591. The van der Waals surface area contributed by atoms with Crippen molar-refractivity contribution in [2.75, 3.05) is 7.11 Å². The van der Waals surface area contributed by atoms with Gasteiger partial charge >= 0.3 is 0 Å². The molecule has 8 atom stereocenters. The molecule has 1 unspecified atom stereocenters. The zero-order valence-corrected chi connectivity index (χ0v) is 30.6. The fourth-order valence-electron chi connectivity index (χ4n) is 12.1. The molecule has 3 saturated carbocycles. The minimum atomic E-state index is -0.230. The van der Waals surface area contributed by atoms with Gasteiger partial charge < -0.3 is 4.74 Å². The number of ether oxygens (including phenoxy) is 1. The average Bonchev–Trinajstić information content (AvgIpc) is 3.67. The summed E-state index contributed by atoms with van der Waals surface area (Å²) in [6.07, 6.45) is 16.5. The minimum Gasteiger partial charge on any atom is -0.497 e. The third kappa shape index (κ3) is 5.44. The number of benzene rings is 2. The summed E-state index contributed by atoms with van der Waals surface area (Å²) in [7, 11) is 1.72. The first-order chi connectivity index (χ1) is 23.6. The molecule has 4 nitrogen and oxygen atoms in total. The van der Waals surface area contributed by atoms with Gasteiger partial charge in [-0.25, -0.2) is 13.9 Å². The van der Waals surface area contributed by atoms with E-state index in [0.717, 1.165) is 82.1 Å². The largest absolute Gasteiger partial charge is 0.497 e. The maximum atomic E-state index is 13.9. The molecule has 0 amide bonds. The highest BCUT2D eigenvalue weighted by Gasteiger charge is 2.60. The van der Waals surface area contributed by atoms with E-state index < -0.39 is 0 Å². The number of nitrogens with zero attached hydrogens (tertiary/aromatic N) is 3. The lowest BCUT2D eigenvalue weighted by Crippen LogP contribution is -2.54. The summed E-state index contributed by atoms with van der Waals surface area (Å²) >= 11 is 0. The van der Waals surface area contributed by atoms with Gasteiger partial charge in [0.15, 0.2) is 5.65 Å². The van der Waals surface area contributed by atoms with Gasteiger partial charge in [0.1, 0.15) is 11.6 Å². The van der Waals surface area contributed by atoms with Crippen molar-refractivity contribution in [1.82, 2.24) is 14.6 Å². The van der Waals surface area contributed by atoms with Gasteiger partial charge in [-0.2, -0.15) is 5.10 Å². The number of fused-ring (bicyclic) bond motifs is 7. The van der Waals surface area contributed by atoms with Crippen LogP contribution in [0.5, 0.6) is 5.75 Å². The maximum Gasteiger partial charge on any atom is 0.163 e. The lowest BCUT2D eigenvalue weighted by Gasteiger charge is -2.61. The summed E-state index contributed by atoms with van der Waals surface area (Å²) in [5, 5.41) is 4.99. The molecule has 5 heteroatoms. The molecule has 4 aliphatic rings. The molecule has 4 aliphatic carbocycles. The van der Waals surface area contributed by atoms with Gasteiger partial charge in [-0.1, -0.05) is 66.0 Å². The number of hydrogen-bond acceptors (Lipinski definition) is 3. The molecular weight excluding hydrogens is 606 g/mol. The molecular formula is C44H56FN3O. The Morgan fingerprint density at radius 1 is 0.878 bits per heavy atom. The lowest BCUT2D eigenvalue weighted by atomic mass is 9.44. The van der Waals surface area contributed by atoms with Crippen LogP contribution in [0.4, 0.5) is 4.39 Å². The van der Waals surface area contributed by atoms with Crippen LogP contribution >= 0.6 is 0 Å². The number of hydrogen-bond donors (Lipinski definition) is 0. The molecule has 2 aromatic carbocycles. The molecule has 0 aliphatic heterocycles. The Morgan fingerprint density at radius 2 is 1.61 bits per heavy atom. The quantitative estimate of drug-likeness (QED) is 0.189. The van der Waals surface area contributed by atoms with Crippen molar-refractivity contribution in [3.8, 4) is 28.1 Å². The van der Waals surface area contributed by atoms with Crippen molar-refractivity contribution < 1.29 is 9.13 Å². The van der Waals surface area contributed by atoms with Crippen molar-refractivity contribution in [1.29, 1.82) is 0 Å².